The third-order valence-corrected chi connectivity index (χ3v) is 2.81. The molecule has 1 saturated heterocycles. The van der Waals surface area contributed by atoms with Crippen LogP contribution in [-0.4, -0.2) is 23.9 Å². The molecule has 0 amide bonds. The lowest BCUT2D eigenvalue weighted by atomic mass is 9.95. The van der Waals surface area contributed by atoms with Gasteiger partial charge >= 0.3 is 0 Å². The molecule has 0 aromatic carbocycles. The van der Waals surface area contributed by atoms with Crippen molar-refractivity contribution in [1.82, 2.24) is 4.98 Å². The van der Waals surface area contributed by atoms with E-state index in [4.69, 9.17) is 0 Å². The molecule has 1 aliphatic rings. The van der Waals surface area contributed by atoms with Crippen LogP contribution in [0.5, 0.6) is 0 Å². The summed E-state index contributed by atoms with van der Waals surface area (Å²) in [6, 6.07) is 3.06. The summed E-state index contributed by atoms with van der Waals surface area (Å²) in [6.07, 6.45) is -1.18. The number of alkyl halides is 2. The van der Waals surface area contributed by atoms with Gasteiger partial charge in [0.05, 0.1) is 5.92 Å². The molecule has 3 nitrogen and oxygen atoms in total. The van der Waals surface area contributed by atoms with Crippen LogP contribution in [0.25, 0.3) is 0 Å². The standard InChI is InChI=1S/C11H12F2N2O/c1-7(16)8-5-15(6-8)9-2-3-14-10(4-9)11(12)13/h2-4,8,11H,5-6H2,1H3. The maximum atomic E-state index is 12.4. The van der Waals surface area contributed by atoms with E-state index < -0.39 is 6.43 Å². The van der Waals surface area contributed by atoms with Gasteiger partial charge in [-0.05, 0) is 19.1 Å². The monoisotopic (exact) mass is 226 g/mol. The Morgan fingerprint density at radius 1 is 1.56 bits per heavy atom. The highest BCUT2D eigenvalue weighted by atomic mass is 19.3. The zero-order valence-electron chi connectivity index (χ0n) is 8.86. The highest BCUT2D eigenvalue weighted by molar-refractivity contribution is 5.81. The van der Waals surface area contributed by atoms with Crippen molar-refractivity contribution in [3.8, 4) is 0 Å². The normalized spacial score (nSPS) is 16.4. The van der Waals surface area contributed by atoms with Crippen molar-refractivity contribution in [2.24, 2.45) is 5.92 Å². The molecule has 86 valence electrons. The fourth-order valence-corrected chi connectivity index (χ4v) is 1.70. The van der Waals surface area contributed by atoms with Gasteiger partial charge in [-0.15, -0.1) is 0 Å². The first-order valence-corrected chi connectivity index (χ1v) is 5.07. The van der Waals surface area contributed by atoms with Crippen LogP contribution < -0.4 is 4.90 Å². The van der Waals surface area contributed by atoms with Crippen molar-refractivity contribution in [3.63, 3.8) is 0 Å². The van der Waals surface area contributed by atoms with E-state index in [1.807, 2.05) is 4.90 Å². The van der Waals surface area contributed by atoms with Crippen molar-refractivity contribution in [3.05, 3.63) is 24.0 Å². The Kier molecular flexibility index (Phi) is 2.85. The predicted octanol–water partition coefficient (Wildman–Crippen LogP) is 2.04. The van der Waals surface area contributed by atoms with Gasteiger partial charge in [0.2, 0.25) is 0 Å². The number of carbonyl (C=O) groups excluding carboxylic acids is 1. The molecule has 5 heteroatoms. The number of Topliss-reactive ketones (excluding diaryl/α,β-unsaturated/α-hetero) is 1. The molecule has 0 bridgehead atoms. The average Bonchev–Trinajstić information content (AvgIpc) is 2.15. The van der Waals surface area contributed by atoms with E-state index >= 15 is 0 Å². The first kappa shape index (κ1) is 11.0. The highest BCUT2D eigenvalue weighted by Gasteiger charge is 2.30. The summed E-state index contributed by atoms with van der Waals surface area (Å²) in [6.45, 7) is 2.78. The van der Waals surface area contributed by atoms with Gasteiger partial charge in [0.1, 0.15) is 11.5 Å². The molecule has 0 unspecified atom stereocenters. The summed E-state index contributed by atoms with van der Waals surface area (Å²) < 4.78 is 24.8. The Morgan fingerprint density at radius 2 is 2.25 bits per heavy atom. The van der Waals surface area contributed by atoms with E-state index in [0.717, 1.165) is 0 Å². The Balaban J connectivity index is 2.06. The number of nitrogens with zero attached hydrogens (tertiary/aromatic N) is 2. The maximum Gasteiger partial charge on any atom is 0.280 e. The maximum absolute atomic E-state index is 12.4. The second-order valence-electron chi connectivity index (χ2n) is 3.95. The molecule has 0 radical (unpaired) electrons. The first-order chi connectivity index (χ1) is 7.58. The lowest BCUT2D eigenvalue weighted by Crippen LogP contribution is -2.49. The number of rotatable bonds is 3. The van der Waals surface area contributed by atoms with Crippen LogP contribution in [0.4, 0.5) is 14.5 Å². The van der Waals surface area contributed by atoms with Crippen LogP contribution in [0.1, 0.15) is 19.0 Å². The molecule has 2 rings (SSSR count). The summed E-state index contributed by atoms with van der Waals surface area (Å²) in [5.74, 6) is 0.197. The highest BCUT2D eigenvalue weighted by Crippen LogP contribution is 2.27. The molecule has 1 aliphatic heterocycles. The first-order valence-electron chi connectivity index (χ1n) is 5.07. The minimum atomic E-state index is -2.55. The molecule has 0 N–H and O–H groups in total. The Morgan fingerprint density at radius 3 is 2.81 bits per heavy atom. The zero-order chi connectivity index (χ0) is 11.7. The number of halogens is 2. The van der Waals surface area contributed by atoms with Crippen LogP contribution in [0.15, 0.2) is 18.3 Å². The van der Waals surface area contributed by atoms with Gasteiger partial charge in [-0.1, -0.05) is 0 Å². The molecular weight excluding hydrogens is 214 g/mol. The summed E-state index contributed by atoms with van der Waals surface area (Å²) in [7, 11) is 0. The van der Waals surface area contributed by atoms with Crippen LogP contribution in [-0.2, 0) is 4.79 Å². The van der Waals surface area contributed by atoms with E-state index in [2.05, 4.69) is 4.98 Å². The molecule has 1 aromatic rings. The summed E-state index contributed by atoms with van der Waals surface area (Å²) in [5.41, 5.74) is 0.492. The largest absolute Gasteiger partial charge is 0.370 e. The van der Waals surface area contributed by atoms with Gasteiger partial charge in [0, 0.05) is 25.0 Å². The minimum absolute atomic E-state index is 0.0446. The Hall–Kier alpha value is -1.52. The topological polar surface area (TPSA) is 33.2 Å². The van der Waals surface area contributed by atoms with Crippen LogP contribution in [0, 0.1) is 5.92 Å². The van der Waals surface area contributed by atoms with Gasteiger partial charge in [-0.2, -0.15) is 0 Å². The number of carbonyl (C=O) groups is 1. The van der Waals surface area contributed by atoms with Crippen molar-refractivity contribution < 1.29 is 13.6 Å². The Bertz CT molecular complexity index is 403. The smallest absolute Gasteiger partial charge is 0.280 e. The molecule has 0 aliphatic carbocycles. The number of hydrogen-bond acceptors (Lipinski definition) is 3. The van der Waals surface area contributed by atoms with Crippen LogP contribution in [0.2, 0.25) is 0 Å². The zero-order valence-corrected chi connectivity index (χ0v) is 8.86. The van der Waals surface area contributed by atoms with E-state index in [9.17, 15) is 13.6 Å². The minimum Gasteiger partial charge on any atom is -0.370 e. The Labute approximate surface area is 92.1 Å². The quantitative estimate of drug-likeness (QED) is 0.790. The fraction of sp³-hybridized carbons (Fsp3) is 0.455. The van der Waals surface area contributed by atoms with Gasteiger partial charge in [0.25, 0.3) is 6.43 Å². The number of pyridine rings is 1. The van der Waals surface area contributed by atoms with Crippen molar-refractivity contribution >= 4 is 11.5 Å². The molecule has 2 heterocycles. The summed E-state index contributed by atoms with van der Waals surface area (Å²) >= 11 is 0. The van der Waals surface area contributed by atoms with Gasteiger partial charge in [-0.25, -0.2) is 8.78 Å². The van der Waals surface area contributed by atoms with E-state index in [1.165, 1.54) is 12.3 Å². The molecule has 0 atom stereocenters. The van der Waals surface area contributed by atoms with Crippen LogP contribution in [0.3, 0.4) is 0 Å². The SMILES string of the molecule is CC(=O)C1CN(c2ccnc(C(F)F)c2)C1. The van der Waals surface area contributed by atoms with E-state index in [-0.39, 0.29) is 17.4 Å². The van der Waals surface area contributed by atoms with E-state index in [0.29, 0.717) is 18.8 Å². The molecule has 0 saturated carbocycles. The third-order valence-electron chi connectivity index (χ3n) is 2.81. The lowest BCUT2D eigenvalue weighted by Gasteiger charge is -2.39. The molecular formula is C11H12F2N2O. The second kappa shape index (κ2) is 4.15. The van der Waals surface area contributed by atoms with Gasteiger partial charge < -0.3 is 4.90 Å². The van der Waals surface area contributed by atoms with Crippen LogP contribution >= 0.6 is 0 Å². The van der Waals surface area contributed by atoms with Gasteiger partial charge in [0.15, 0.2) is 0 Å². The number of ketones is 1. The molecule has 0 spiro atoms. The number of anilines is 1. The number of aromatic nitrogens is 1. The summed E-state index contributed by atoms with van der Waals surface area (Å²) in [4.78, 5) is 16.5. The molecule has 1 fully saturated rings. The second-order valence-corrected chi connectivity index (χ2v) is 3.95. The fourth-order valence-electron chi connectivity index (χ4n) is 1.70. The van der Waals surface area contributed by atoms with E-state index in [1.54, 1.807) is 13.0 Å². The number of hydrogen-bond donors (Lipinski definition) is 0. The predicted molar refractivity (Wildman–Crippen MR) is 55.6 cm³/mol. The average molecular weight is 226 g/mol. The third kappa shape index (κ3) is 2.03. The molecule has 16 heavy (non-hydrogen) atoms. The lowest BCUT2D eigenvalue weighted by molar-refractivity contribution is -0.121. The summed E-state index contributed by atoms with van der Waals surface area (Å²) in [5, 5.41) is 0. The van der Waals surface area contributed by atoms with Crippen molar-refractivity contribution in [1.29, 1.82) is 0 Å². The van der Waals surface area contributed by atoms with Crippen molar-refractivity contribution in [2.75, 3.05) is 18.0 Å². The van der Waals surface area contributed by atoms with Gasteiger partial charge in [-0.3, -0.25) is 9.78 Å². The van der Waals surface area contributed by atoms with Crippen molar-refractivity contribution in [2.45, 2.75) is 13.3 Å². The molecule has 1 aromatic heterocycles.